The smallest absolute Gasteiger partial charge is 0.325 e. The van der Waals surface area contributed by atoms with Crippen LogP contribution in [0, 0.1) is 5.92 Å². The highest BCUT2D eigenvalue weighted by Crippen LogP contribution is 2.15. The molecule has 0 aromatic carbocycles. The van der Waals surface area contributed by atoms with Gasteiger partial charge in [0, 0.05) is 12.5 Å². The van der Waals surface area contributed by atoms with Crippen molar-refractivity contribution in [3.8, 4) is 0 Å². The van der Waals surface area contributed by atoms with E-state index < -0.39 is 0 Å². The second kappa shape index (κ2) is 7.36. The van der Waals surface area contributed by atoms with Gasteiger partial charge >= 0.3 is 5.97 Å². The first kappa shape index (κ1) is 15.0. The second-order valence-corrected chi connectivity index (χ2v) is 4.98. The molecule has 1 atom stereocenters. The fourth-order valence-corrected chi connectivity index (χ4v) is 2.16. The summed E-state index contributed by atoms with van der Waals surface area (Å²) in [6.07, 6.45) is 1.56. The zero-order chi connectivity index (χ0) is 13.5. The molecule has 0 saturated carbocycles. The largest absolute Gasteiger partial charge is 0.465 e. The molecule has 5 nitrogen and oxygen atoms in total. The molecule has 0 radical (unpaired) electrons. The zero-order valence-electron chi connectivity index (χ0n) is 11.6. The molecule has 0 bridgehead atoms. The zero-order valence-corrected chi connectivity index (χ0v) is 11.6. The van der Waals surface area contributed by atoms with Crippen molar-refractivity contribution in [2.45, 2.75) is 39.7 Å². The molecule has 0 aliphatic carbocycles. The minimum Gasteiger partial charge on any atom is -0.465 e. The van der Waals surface area contributed by atoms with Gasteiger partial charge in [-0.15, -0.1) is 0 Å². The summed E-state index contributed by atoms with van der Waals surface area (Å²) < 4.78 is 4.90. The van der Waals surface area contributed by atoms with E-state index in [1.807, 2.05) is 13.8 Å². The quantitative estimate of drug-likeness (QED) is 0.714. The maximum absolute atomic E-state index is 12.2. The summed E-state index contributed by atoms with van der Waals surface area (Å²) in [5.41, 5.74) is 0. The molecule has 1 fully saturated rings. The van der Waals surface area contributed by atoms with Crippen LogP contribution in [0.2, 0.25) is 0 Å². The summed E-state index contributed by atoms with van der Waals surface area (Å²) in [4.78, 5) is 25.2. The van der Waals surface area contributed by atoms with Crippen molar-refractivity contribution < 1.29 is 14.3 Å². The van der Waals surface area contributed by atoms with Crippen molar-refractivity contribution >= 4 is 11.9 Å². The van der Waals surface area contributed by atoms with E-state index in [0.29, 0.717) is 18.9 Å². The standard InChI is InChI=1S/C13H24N2O3/c1-4-18-13(17)9-15(10(2)3)12(16)7-11-5-6-14-8-11/h10-11,14H,4-9H2,1-3H3. The predicted molar refractivity (Wildman–Crippen MR) is 69.1 cm³/mol. The summed E-state index contributed by atoms with van der Waals surface area (Å²) in [6.45, 7) is 7.91. The van der Waals surface area contributed by atoms with E-state index in [-0.39, 0.29) is 24.5 Å². The number of nitrogens with zero attached hydrogens (tertiary/aromatic N) is 1. The van der Waals surface area contributed by atoms with Crippen LogP contribution in [0.1, 0.15) is 33.6 Å². The molecular weight excluding hydrogens is 232 g/mol. The van der Waals surface area contributed by atoms with E-state index >= 15 is 0 Å². The molecule has 1 saturated heterocycles. The molecule has 1 unspecified atom stereocenters. The van der Waals surface area contributed by atoms with Crippen molar-refractivity contribution in [3.63, 3.8) is 0 Å². The number of nitrogens with one attached hydrogen (secondary N) is 1. The van der Waals surface area contributed by atoms with Crippen LogP contribution in [0.5, 0.6) is 0 Å². The Kier molecular flexibility index (Phi) is 6.12. The summed E-state index contributed by atoms with van der Waals surface area (Å²) in [5.74, 6) is 0.122. The van der Waals surface area contributed by atoms with Gasteiger partial charge in [0.05, 0.1) is 6.61 Å². The van der Waals surface area contributed by atoms with Gasteiger partial charge in [-0.2, -0.15) is 0 Å². The Bertz CT molecular complexity index is 286. The lowest BCUT2D eigenvalue weighted by Gasteiger charge is -2.26. The minimum atomic E-state index is -0.330. The van der Waals surface area contributed by atoms with Crippen LogP contribution >= 0.6 is 0 Å². The lowest BCUT2D eigenvalue weighted by molar-refractivity contribution is -0.150. The average molecular weight is 256 g/mol. The van der Waals surface area contributed by atoms with Crippen LogP contribution in [-0.4, -0.2) is 49.1 Å². The Labute approximate surface area is 109 Å². The van der Waals surface area contributed by atoms with Crippen LogP contribution in [0.15, 0.2) is 0 Å². The molecule has 1 aliphatic heterocycles. The van der Waals surface area contributed by atoms with Crippen LogP contribution in [0.3, 0.4) is 0 Å². The molecule has 1 heterocycles. The summed E-state index contributed by atoms with van der Waals surface area (Å²) in [6, 6.07) is 0.0243. The van der Waals surface area contributed by atoms with Crippen LogP contribution in [-0.2, 0) is 14.3 Å². The lowest BCUT2D eigenvalue weighted by Crippen LogP contribution is -2.42. The van der Waals surface area contributed by atoms with Crippen molar-refractivity contribution in [2.24, 2.45) is 5.92 Å². The molecule has 5 heteroatoms. The van der Waals surface area contributed by atoms with E-state index in [1.54, 1.807) is 11.8 Å². The van der Waals surface area contributed by atoms with Crippen molar-refractivity contribution in [1.29, 1.82) is 0 Å². The highest BCUT2D eigenvalue weighted by atomic mass is 16.5. The Morgan fingerprint density at radius 2 is 2.17 bits per heavy atom. The van der Waals surface area contributed by atoms with E-state index in [9.17, 15) is 9.59 Å². The number of hydrogen-bond donors (Lipinski definition) is 1. The fraction of sp³-hybridized carbons (Fsp3) is 0.846. The number of ether oxygens (including phenoxy) is 1. The highest BCUT2D eigenvalue weighted by molar-refractivity contribution is 5.82. The monoisotopic (exact) mass is 256 g/mol. The van der Waals surface area contributed by atoms with E-state index in [0.717, 1.165) is 19.5 Å². The normalized spacial score (nSPS) is 19.0. The van der Waals surface area contributed by atoms with Gasteiger partial charge in [0.25, 0.3) is 0 Å². The molecule has 0 aromatic rings. The third-order valence-corrected chi connectivity index (χ3v) is 3.17. The molecule has 1 amide bonds. The number of carbonyl (C=O) groups excluding carboxylic acids is 2. The van der Waals surface area contributed by atoms with Gasteiger partial charge in [0.2, 0.25) is 5.91 Å². The van der Waals surface area contributed by atoms with Gasteiger partial charge in [-0.25, -0.2) is 0 Å². The van der Waals surface area contributed by atoms with Gasteiger partial charge in [-0.05, 0) is 46.2 Å². The maximum atomic E-state index is 12.2. The fourth-order valence-electron chi connectivity index (χ4n) is 2.16. The Balaban J connectivity index is 2.49. The molecule has 1 N–H and O–H groups in total. The summed E-state index contributed by atoms with van der Waals surface area (Å²) in [7, 11) is 0. The second-order valence-electron chi connectivity index (χ2n) is 4.98. The van der Waals surface area contributed by atoms with E-state index in [2.05, 4.69) is 5.32 Å². The van der Waals surface area contributed by atoms with Crippen molar-refractivity contribution in [1.82, 2.24) is 10.2 Å². The molecule has 104 valence electrons. The van der Waals surface area contributed by atoms with Gasteiger partial charge in [0.1, 0.15) is 6.54 Å². The molecule has 18 heavy (non-hydrogen) atoms. The number of esters is 1. The van der Waals surface area contributed by atoms with Crippen LogP contribution in [0.4, 0.5) is 0 Å². The van der Waals surface area contributed by atoms with Crippen molar-refractivity contribution in [2.75, 3.05) is 26.2 Å². The third-order valence-electron chi connectivity index (χ3n) is 3.17. The predicted octanol–water partition coefficient (Wildman–Crippen LogP) is 0.786. The first-order valence-corrected chi connectivity index (χ1v) is 6.70. The van der Waals surface area contributed by atoms with Gasteiger partial charge < -0.3 is 15.0 Å². The SMILES string of the molecule is CCOC(=O)CN(C(=O)CC1CCNC1)C(C)C. The first-order chi connectivity index (χ1) is 8.54. The maximum Gasteiger partial charge on any atom is 0.325 e. The Morgan fingerprint density at radius 1 is 1.44 bits per heavy atom. The van der Waals surface area contributed by atoms with E-state index in [1.165, 1.54) is 0 Å². The third kappa shape index (κ3) is 4.64. The van der Waals surface area contributed by atoms with E-state index in [4.69, 9.17) is 4.74 Å². The van der Waals surface area contributed by atoms with Crippen LogP contribution in [0.25, 0.3) is 0 Å². The topological polar surface area (TPSA) is 58.6 Å². The number of rotatable bonds is 6. The lowest BCUT2D eigenvalue weighted by atomic mass is 10.0. The number of amides is 1. The summed E-state index contributed by atoms with van der Waals surface area (Å²) in [5, 5.41) is 3.24. The molecule has 1 rings (SSSR count). The van der Waals surface area contributed by atoms with Gasteiger partial charge in [-0.3, -0.25) is 9.59 Å². The van der Waals surface area contributed by atoms with Gasteiger partial charge in [0.15, 0.2) is 0 Å². The average Bonchev–Trinajstić information content (AvgIpc) is 2.78. The Morgan fingerprint density at radius 3 is 2.67 bits per heavy atom. The molecule has 0 aromatic heterocycles. The highest BCUT2D eigenvalue weighted by Gasteiger charge is 2.25. The molecule has 1 aliphatic rings. The van der Waals surface area contributed by atoms with Gasteiger partial charge in [-0.1, -0.05) is 0 Å². The summed E-state index contributed by atoms with van der Waals surface area (Å²) >= 11 is 0. The first-order valence-electron chi connectivity index (χ1n) is 6.70. The number of carbonyl (C=O) groups is 2. The minimum absolute atomic E-state index is 0.0243. The van der Waals surface area contributed by atoms with Crippen LogP contribution < -0.4 is 5.32 Å². The molecule has 0 spiro atoms. The number of hydrogen-bond acceptors (Lipinski definition) is 4. The van der Waals surface area contributed by atoms with Crippen molar-refractivity contribution in [3.05, 3.63) is 0 Å². The molecular formula is C13H24N2O3. The Hall–Kier alpha value is -1.10.